The number of likely N-dealkylation sites (N-methyl/N-ethyl adjacent to an activating group) is 1. The summed E-state index contributed by atoms with van der Waals surface area (Å²) in [4.78, 5) is 1.51. The highest BCUT2D eigenvalue weighted by Gasteiger charge is 2.36. The zero-order valence-corrected chi connectivity index (χ0v) is 13.0. The zero-order chi connectivity index (χ0) is 13.8. The van der Waals surface area contributed by atoms with Crippen molar-refractivity contribution in [3.8, 4) is 0 Å². The summed E-state index contributed by atoms with van der Waals surface area (Å²) in [6, 6.07) is 13.5. The maximum atomic E-state index is 3.62. The van der Waals surface area contributed by atoms with Gasteiger partial charge < -0.3 is 5.32 Å². The molecule has 0 spiro atoms. The minimum absolute atomic E-state index is 0.287. The minimum atomic E-state index is 0.287. The fourth-order valence-corrected chi connectivity index (χ4v) is 4.40. The number of hydrogen-bond acceptors (Lipinski definition) is 2. The highest BCUT2D eigenvalue weighted by molar-refractivity contribution is 7.09. The van der Waals surface area contributed by atoms with Crippen molar-refractivity contribution in [2.45, 2.75) is 38.0 Å². The molecule has 1 unspecified atom stereocenters. The molecule has 0 fully saturated rings. The molecule has 1 aliphatic carbocycles. The zero-order valence-electron chi connectivity index (χ0n) is 12.2. The van der Waals surface area contributed by atoms with Gasteiger partial charge in [0.25, 0.3) is 0 Å². The third-order valence-corrected chi connectivity index (χ3v) is 5.37. The third-order valence-electron chi connectivity index (χ3n) is 4.50. The van der Waals surface area contributed by atoms with E-state index in [0.29, 0.717) is 0 Å². The Morgan fingerprint density at radius 3 is 2.90 bits per heavy atom. The summed E-state index contributed by atoms with van der Waals surface area (Å²) in [6.45, 7) is 4.35. The molecule has 3 rings (SSSR count). The molecular formula is C18H23NS. The van der Waals surface area contributed by atoms with Gasteiger partial charge >= 0.3 is 0 Å². The third kappa shape index (κ3) is 2.68. The van der Waals surface area contributed by atoms with Crippen molar-refractivity contribution < 1.29 is 0 Å². The van der Waals surface area contributed by atoms with Gasteiger partial charge in [-0.15, -0.1) is 11.3 Å². The average Bonchev–Trinajstić information content (AvgIpc) is 2.98. The van der Waals surface area contributed by atoms with Crippen LogP contribution in [0.15, 0.2) is 41.8 Å². The Bertz CT molecular complexity index is 546. The number of nitrogens with one attached hydrogen (secondary N) is 1. The van der Waals surface area contributed by atoms with Crippen LogP contribution in [0.1, 0.15) is 35.8 Å². The molecule has 1 heterocycles. The van der Waals surface area contributed by atoms with Crippen LogP contribution < -0.4 is 5.32 Å². The predicted octanol–water partition coefficient (Wildman–Crippen LogP) is 4.17. The van der Waals surface area contributed by atoms with Crippen LogP contribution in [0.5, 0.6) is 0 Å². The van der Waals surface area contributed by atoms with Crippen molar-refractivity contribution >= 4 is 11.3 Å². The molecular weight excluding hydrogens is 262 g/mol. The maximum absolute atomic E-state index is 3.62. The van der Waals surface area contributed by atoms with Gasteiger partial charge in [0, 0.05) is 16.8 Å². The smallest absolute Gasteiger partial charge is 0.0129 e. The molecule has 2 aromatic rings. The molecule has 1 aromatic heterocycles. The Morgan fingerprint density at radius 1 is 1.20 bits per heavy atom. The molecule has 0 saturated heterocycles. The largest absolute Gasteiger partial charge is 0.316 e. The van der Waals surface area contributed by atoms with Crippen LogP contribution in [0, 0.1) is 0 Å². The minimum Gasteiger partial charge on any atom is -0.316 e. The summed E-state index contributed by atoms with van der Waals surface area (Å²) in [6.07, 6.45) is 5.03. The number of aryl methyl sites for hydroxylation is 1. The summed E-state index contributed by atoms with van der Waals surface area (Å²) >= 11 is 1.90. The number of rotatable bonds is 5. The Labute approximate surface area is 126 Å². The standard InChI is InChI=1S/C18H23NS/c1-2-19-14-18(13-16-9-6-12-20-16)11-5-8-15-7-3-4-10-17(15)18/h3-4,6-7,9-10,12,19H,2,5,8,11,13-14H2,1H3. The molecule has 0 bridgehead atoms. The first-order valence-electron chi connectivity index (χ1n) is 7.65. The number of benzene rings is 1. The second-order valence-corrected chi connectivity index (χ2v) is 6.86. The van der Waals surface area contributed by atoms with Gasteiger partial charge in [-0.3, -0.25) is 0 Å². The molecule has 106 valence electrons. The quantitative estimate of drug-likeness (QED) is 0.869. The van der Waals surface area contributed by atoms with Gasteiger partial charge in [-0.25, -0.2) is 0 Å². The van der Waals surface area contributed by atoms with Crippen LogP contribution in [0.2, 0.25) is 0 Å². The van der Waals surface area contributed by atoms with Crippen molar-refractivity contribution in [2.75, 3.05) is 13.1 Å². The summed E-state index contributed by atoms with van der Waals surface area (Å²) in [7, 11) is 0. The van der Waals surface area contributed by atoms with E-state index in [4.69, 9.17) is 0 Å². The van der Waals surface area contributed by atoms with Gasteiger partial charge in [-0.05, 0) is 54.8 Å². The molecule has 1 aliphatic rings. The molecule has 0 amide bonds. The second kappa shape index (κ2) is 6.11. The molecule has 2 heteroatoms. The van der Waals surface area contributed by atoms with E-state index in [0.717, 1.165) is 13.1 Å². The SMILES string of the molecule is CCNCC1(Cc2cccs2)CCCc2ccccc21. The van der Waals surface area contributed by atoms with Gasteiger partial charge in [0.1, 0.15) is 0 Å². The van der Waals surface area contributed by atoms with Gasteiger partial charge in [0.05, 0.1) is 0 Å². The van der Waals surface area contributed by atoms with E-state index in [1.165, 1.54) is 30.6 Å². The van der Waals surface area contributed by atoms with E-state index in [1.54, 1.807) is 11.1 Å². The fraction of sp³-hybridized carbons (Fsp3) is 0.444. The molecule has 0 saturated carbocycles. The van der Waals surface area contributed by atoms with E-state index >= 15 is 0 Å². The first kappa shape index (κ1) is 13.8. The number of fused-ring (bicyclic) bond motifs is 1. The van der Waals surface area contributed by atoms with E-state index in [9.17, 15) is 0 Å². The predicted molar refractivity (Wildman–Crippen MR) is 87.6 cm³/mol. The van der Waals surface area contributed by atoms with Gasteiger partial charge in [0.15, 0.2) is 0 Å². The van der Waals surface area contributed by atoms with E-state index < -0.39 is 0 Å². The van der Waals surface area contributed by atoms with Gasteiger partial charge in [-0.2, -0.15) is 0 Å². The van der Waals surface area contributed by atoms with Crippen LogP contribution >= 0.6 is 11.3 Å². The van der Waals surface area contributed by atoms with Gasteiger partial charge in [0.2, 0.25) is 0 Å². The topological polar surface area (TPSA) is 12.0 Å². The van der Waals surface area contributed by atoms with Crippen LogP contribution in [-0.2, 0) is 18.3 Å². The number of hydrogen-bond donors (Lipinski definition) is 1. The monoisotopic (exact) mass is 285 g/mol. The van der Waals surface area contributed by atoms with E-state index in [-0.39, 0.29) is 5.41 Å². The molecule has 20 heavy (non-hydrogen) atoms. The van der Waals surface area contributed by atoms with Crippen molar-refractivity contribution in [2.24, 2.45) is 0 Å². The molecule has 1 nitrogen and oxygen atoms in total. The molecule has 1 atom stereocenters. The average molecular weight is 285 g/mol. The summed E-state index contributed by atoms with van der Waals surface area (Å²) in [5.74, 6) is 0. The van der Waals surface area contributed by atoms with E-state index in [2.05, 4.69) is 54.0 Å². The lowest BCUT2D eigenvalue weighted by Gasteiger charge is -2.39. The highest BCUT2D eigenvalue weighted by atomic mass is 32.1. The van der Waals surface area contributed by atoms with Crippen LogP contribution in [0.25, 0.3) is 0 Å². The maximum Gasteiger partial charge on any atom is 0.0129 e. The van der Waals surface area contributed by atoms with Crippen molar-refractivity contribution in [1.29, 1.82) is 0 Å². The number of thiophene rings is 1. The first-order valence-corrected chi connectivity index (χ1v) is 8.53. The van der Waals surface area contributed by atoms with Crippen LogP contribution in [0.3, 0.4) is 0 Å². The Balaban J connectivity index is 1.98. The summed E-state index contributed by atoms with van der Waals surface area (Å²) in [5, 5.41) is 5.82. The lowest BCUT2D eigenvalue weighted by atomic mass is 9.67. The van der Waals surface area contributed by atoms with Crippen LogP contribution in [-0.4, -0.2) is 13.1 Å². The Morgan fingerprint density at radius 2 is 2.10 bits per heavy atom. The lowest BCUT2D eigenvalue weighted by Crippen LogP contribution is -2.42. The normalized spacial score (nSPS) is 21.6. The lowest BCUT2D eigenvalue weighted by molar-refractivity contribution is 0.340. The Hall–Kier alpha value is -1.12. The Kier molecular flexibility index (Phi) is 4.23. The highest BCUT2D eigenvalue weighted by Crippen LogP contribution is 2.40. The summed E-state index contributed by atoms with van der Waals surface area (Å²) in [5.41, 5.74) is 3.43. The molecule has 0 radical (unpaired) electrons. The summed E-state index contributed by atoms with van der Waals surface area (Å²) < 4.78 is 0. The molecule has 1 N–H and O–H groups in total. The molecule has 1 aromatic carbocycles. The molecule has 0 aliphatic heterocycles. The second-order valence-electron chi connectivity index (χ2n) is 5.83. The van der Waals surface area contributed by atoms with Crippen molar-refractivity contribution in [1.82, 2.24) is 5.32 Å². The van der Waals surface area contributed by atoms with E-state index in [1.807, 2.05) is 11.3 Å². The first-order chi connectivity index (χ1) is 9.84. The fourth-order valence-electron chi connectivity index (χ4n) is 3.55. The van der Waals surface area contributed by atoms with Gasteiger partial charge in [-0.1, -0.05) is 37.3 Å². The van der Waals surface area contributed by atoms with Crippen LogP contribution in [0.4, 0.5) is 0 Å². The van der Waals surface area contributed by atoms with Crippen molar-refractivity contribution in [3.05, 3.63) is 57.8 Å². The van der Waals surface area contributed by atoms with Crippen molar-refractivity contribution in [3.63, 3.8) is 0 Å².